The molecule has 4 aromatic rings. The highest BCUT2D eigenvalue weighted by atomic mass is 15.2. The van der Waals surface area contributed by atoms with Crippen LogP contribution in [-0.4, -0.2) is 19.7 Å². The molecular formula is C19H19N5. The number of hydrogen-bond donors (Lipinski definition) is 2. The summed E-state index contributed by atoms with van der Waals surface area (Å²) in [6, 6.07) is 16.6. The fourth-order valence-corrected chi connectivity index (χ4v) is 2.78. The lowest BCUT2D eigenvalue weighted by molar-refractivity contribution is 0.692. The number of fused-ring (bicyclic) bond motifs is 1. The molecule has 0 saturated carbocycles. The summed E-state index contributed by atoms with van der Waals surface area (Å²) < 4.78 is 1.82. The summed E-state index contributed by atoms with van der Waals surface area (Å²) in [7, 11) is 1.93. The molecule has 0 aliphatic carbocycles. The lowest BCUT2D eigenvalue weighted by Crippen LogP contribution is -2.12. The van der Waals surface area contributed by atoms with Crippen molar-refractivity contribution in [1.29, 1.82) is 0 Å². The highest BCUT2D eigenvalue weighted by Gasteiger charge is 2.04. The summed E-state index contributed by atoms with van der Waals surface area (Å²) in [5, 5.41) is 7.61. The Labute approximate surface area is 140 Å². The van der Waals surface area contributed by atoms with E-state index in [0.29, 0.717) is 0 Å². The monoisotopic (exact) mass is 317 g/mol. The molecule has 120 valence electrons. The van der Waals surface area contributed by atoms with E-state index < -0.39 is 0 Å². The average Bonchev–Trinajstić information content (AvgIpc) is 3.21. The van der Waals surface area contributed by atoms with Gasteiger partial charge in [0, 0.05) is 37.5 Å². The summed E-state index contributed by atoms with van der Waals surface area (Å²) in [5.41, 5.74) is 5.60. The Morgan fingerprint density at radius 2 is 1.79 bits per heavy atom. The van der Waals surface area contributed by atoms with Gasteiger partial charge in [0.1, 0.15) is 5.82 Å². The van der Waals surface area contributed by atoms with Crippen molar-refractivity contribution in [3.05, 3.63) is 72.1 Å². The second-order valence-corrected chi connectivity index (χ2v) is 5.93. The number of para-hydroxylation sites is 2. The normalized spacial score (nSPS) is 11.2. The van der Waals surface area contributed by atoms with E-state index in [2.05, 4.69) is 44.6 Å². The van der Waals surface area contributed by atoms with Crippen LogP contribution in [0.2, 0.25) is 0 Å². The molecule has 2 aromatic heterocycles. The minimum absolute atomic E-state index is 0.819. The van der Waals surface area contributed by atoms with Crippen molar-refractivity contribution in [2.45, 2.75) is 13.1 Å². The van der Waals surface area contributed by atoms with Crippen LogP contribution in [0.4, 0.5) is 0 Å². The molecule has 4 rings (SSSR count). The number of rotatable bonds is 5. The number of nitrogens with zero attached hydrogens (tertiary/aromatic N) is 3. The molecule has 0 amide bonds. The summed E-state index contributed by atoms with van der Waals surface area (Å²) in [5.74, 6) is 0.908. The van der Waals surface area contributed by atoms with E-state index in [1.807, 2.05) is 48.4 Å². The highest BCUT2D eigenvalue weighted by molar-refractivity contribution is 5.79. The van der Waals surface area contributed by atoms with Gasteiger partial charge in [-0.05, 0) is 17.7 Å². The quantitative estimate of drug-likeness (QED) is 0.594. The van der Waals surface area contributed by atoms with Crippen LogP contribution < -0.4 is 5.32 Å². The van der Waals surface area contributed by atoms with Crippen LogP contribution in [0.3, 0.4) is 0 Å². The number of imidazole rings is 1. The number of H-pyrrole nitrogens is 1. The van der Waals surface area contributed by atoms with Crippen LogP contribution in [0.1, 0.15) is 11.1 Å². The number of nitrogens with one attached hydrogen (secondary N) is 2. The van der Waals surface area contributed by atoms with Crippen molar-refractivity contribution < 1.29 is 0 Å². The van der Waals surface area contributed by atoms with E-state index in [1.165, 1.54) is 11.1 Å². The molecule has 0 aliphatic heterocycles. The molecule has 0 saturated heterocycles. The third kappa shape index (κ3) is 3.07. The molecule has 0 spiro atoms. The van der Waals surface area contributed by atoms with E-state index in [1.54, 1.807) is 0 Å². The van der Waals surface area contributed by atoms with Gasteiger partial charge in [-0.1, -0.05) is 36.4 Å². The fraction of sp³-hybridized carbons (Fsp3) is 0.158. The fourth-order valence-electron chi connectivity index (χ4n) is 2.78. The molecule has 24 heavy (non-hydrogen) atoms. The van der Waals surface area contributed by atoms with E-state index >= 15 is 0 Å². The maximum absolute atomic E-state index is 4.64. The van der Waals surface area contributed by atoms with Crippen LogP contribution in [0, 0.1) is 0 Å². The Balaban J connectivity index is 1.42. The molecule has 5 nitrogen and oxygen atoms in total. The van der Waals surface area contributed by atoms with Gasteiger partial charge in [-0.15, -0.1) is 0 Å². The van der Waals surface area contributed by atoms with E-state index in [0.717, 1.165) is 35.5 Å². The van der Waals surface area contributed by atoms with Crippen LogP contribution in [0.25, 0.3) is 22.4 Å². The topological polar surface area (TPSA) is 58.5 Å². The molecule has 0 unspecified atom stereocenters. The second kappa shape index (κ2) is 6.29. The number of aromatic amines is 1. The molecule has 0 atom stereocenters. The lowest BCUT2D eigenvalue weighted by atomic mass is 10.1. The maximum atomic E-state index is 4.64. The summed E-state index contributed by atoms with van der Waals surface area (Å²) in [4.78, 5) is 8.00. The van der Waals surface area contributed by atoms with Crippen molar-refractivity contribution in [1.82, 2.24) is 25.1 Å². The smallest absolute Gasteiger partial charge is 0.138 e. The molecular weight excluding hydrogens is 298 g/mol. The predicted molar refractivity (Wildman–Crippen MR) is 95.3 cm³/mol. The van der Waals surface area contributed by atoms with Gasteiger partial charge in [0.25, 0.3) is 0 Å². The van der Waals surface area contributed by atoms with Gasteiger partial charge in [0.2, 0.25) is 0 Å². The van der Waals surface area contributed by atoms with Crippen molar-refractivity contribution >= 4 is 11.0 Å². The Hall–Kier alpha value is -2.92. The second-order valence-electron chi connectivity index (χ2n) is 5.93. The molecule has 0 aliphatic rings. The lowest BCUT2D eigenvalue weighted by Gasteiger charge is -2.04. The minimum Gasteiger partial charge on any atom is -0.338 e. The summed E-state index contributed by atoms with van der Waals surface area (Å²) in [6.07, 6.45) is 3.91. The Bertz CT molecular complexity index is 916. The zero-order chi connectivity index (χ0) is 16.4. The van der Waals surface area contributed by atoms with Crippen LogP contribution in [0.5, 0.6) is 0 Å². The summed E-state index contributed by atoms with van der Waals surface area (Å²) >= 11 is 0. The molecule has 0 radical (unpaired) electrons. The van der Waals surface area contributed by atoms with Crippen molar-refractivity contribution in [2.75, 3.05) is 0 Å². The average molecular weight is 317 g/mol. The summed E-state index contributed by atoms with van der Waals surface area (Å²) in [6.45, 7) is 1.65. The van der Waals surface area contributed by atoms with Crippen LogP contribution >= 0.6 is 0 Å². The van der Waals surface area contributed by atoms with Gasteiger partial charge in [-0.25, -0.2) is 4.98 Å². The first-order valence-electron chi connectivity index (χ1n) is 8.00. The third-order valence-electron chi connectivity index (χ3n) is 4.03. The Morgan fingerprint density at radius 3 is 2.54 bits per heavy atom. The van der Waals surface area contributed by atoms with E-state index in [-0.39, 0.29) is 0 Å². The first-order chi connectivity index (χ1) is 11.8. The van der Waals surface area contributed by atoms with Gasteiger partial charge >= 0.3 is 0 Å². The number of aryl methyl sites for hydroxylation is 1. The molecule has 0 bridgehead atoms. The standard InChI is InChI=1S/C19H19N5/c1-24-13-15(12-21-24)11-20-10-14-6-8-16(9-7-14)19-22-17-4-2-3-5-18(17)23-19/h2-9,12-13,20H,10-11H2,1H3,(H,22,23). The van der Waals surface area contributed by atoms with E-state index in [4.69, 9.17) is 0 Å². The van der Waals surface area contributed by atoms with Gasteiger partial charge in [-0.2, -0.15) is 5.10 Å². The number of benzene rings is 2. The van der Waals surface area contributed by atoms with Gasteiger partial charge in [0.05, 0.1) is 17.2 Å². The first kappa shape index (κ1) is 14.7. The Morgan fingerprint density at radius 1 is 1.00 bits per heavy atom. The minimum atomic E-state index is 0.819. The number of hydrogen-bond acceptors (Lipinski definition) is 3. The third-order valence-corrected chi connectivity index (χ3v) is 4.03. The van der Waals surface area contributed by atoms with Crippen LogP contribution in [0.15, 0.2) is 60.9 Å². The van der Waals surface area contributed by atoms with Gasteiger partial charge < -0.3 is 10.3 Å². The zero-order valence-corrected chi connectivity index (χ0v) is 13.5. The first-order valence-corrected chi connectivity index (χ1v) is 8.00. The van der Waals surface area contributed by atoms with Crippen molar-refractivity contribution in [3.63, 3.8) is 0 Å². The van der Waals surface area contributed by atoms with Crippen molar-refractivity contribution in [3.8, 4) is 11.4 Å². The van der Waals surface area contributed by atoms with Gasteiger partial charge in [-0.3, -0.25) is 4.68 Å². The van der Waals surface area contributed by atoms with Crippen molar-refractivity contribution in [2.24, 2.45) is 7.05 Å². The molecule has 2 aromatic carbocycles. The van der Waals surface area contributed by atoms with Gasteiger partial charge in [0.15, 0.2) is 0 Å². The highest BCUT2D eigenvalue weighted by Crippen LogP contribution is 2.20. The largest absolute Gasteiger partial charge is 0.338 e. The molecule has 2 heterocycles. The molecule has 0 fully saturated rings. The molecule has 5 heteroatoms. The van der Waals surface area contributed by atoms with Crippen LogP contribution in [-0.2, 0) is 20.1 Å². The maximum Gasteiger partial charge on any atom is 0.138 e. The molecule has 2 N–H and O–H groups in total. The number of aromatic nitrogens is 4. The Kier molecular flexibility index (Phi) is 3.84. The predicted octanol–water partition coefficient (Wildman–Crippen LogP) is 3.25. The SMILES string of the molecule is Cn1cc(CNCc2ccc(-c3nc4ccccc4[nH]3)cc2)cn1. The zero-order valence-electron chi connectivity index (χ0n) is 13.5. The van der Waals surface area contributed by atoms with E-state index in [9.17, 15) is 0 Å².